The Labute approximate surface area is 163 Å². The standard InChI is InChI=1S/C19H21NO7S/c1-25-15-10-14(19(21)22)16(18(27-3)17(15)26-2)20-28(23,24)13-8-7-11-5-4-6-12(11)9-13/h7-10,20H,4-6H2,1-3H3,(H,21,22). The maximum Gasteiger partial charge on any atom is 0.338 e. The molecule has 0 aliphatic heterocycles. The SMILES string of the molecule is COc1cc(C(=O)O)c(NS(=O)(=O)c2ccc3c(c2)CCC3)c(OC)c1OC. The van der Waals surface area contributed by atoms with Gasteiger partial charge in [0.05, 0.1) is 31.8 Å². The van der Waals surface area contributed by atoms with Crippen LogP contribution in [0.4, 0.5) is 5.69 Å². The van der Waals surface area contributed by atoms with E-state index >= 15 is 0 Å². The fourth-order valence-electron chi connectivity index (χ4n) is 3.33. The van der Waals surface area contributed by atoms with Crippen LogP contribution in [-0.4, -0.2) is 40.8 Å². The van der Waals surface area contributed by atoms with Crippen LogP contribution < -0.4 is 18.9 Å². The minimum absolute atomic E-state index is 0.0568. The van der Waals surface area contributed by atoms with E-state index in [4.69, 9.17) is 14.2 Å². The molecule has 150 valence electrons. The summed E-state index contributed by atoms with van der Waals surface area (Å²) in [5.41, 5.74) is 1.57. The monoisotopic (exact) mass is 407 g/mol. The van der Waals surface area contributed by atoms with Gasteiger partial charge in [-0.05, 0) is 42.5 Å². The highest BCUT2D eigenvalue weighted by molar-refractivity contribution is 7.92. The van der Waals surface area contributed by atoms with E-state index in [1.54, 1.807) is 12.1 Å². The van der Waals surface area contributed by atoms with Crippen LogP contribution in [-0.2, 0) is 22.9 Å². The van der Waals surface area contributed by atoms with Crippen LogP contribution in [0.3, 0.4) is 0 Å². The van der Waals surface area contributed by atoms with Crippen LogP contribution in [0.1, 0.15) is 27.9 Å². The molecule has 0 saturated heterocycles. The maximum atomic E-state index is 13.0. The number of hydrogen-bond acceptors (Lipinski definition) is 6. The second-order valence-corrected chi connectivity index (χ2v) is 7.95. The number of nitrogens with one attached hydrogen (secondary N) is 1. The third-order valence-electron chi connectivity index (χ3n) is 4.68. The number of carboxylic acids is 1. The number of anilines is 1. The van der Waals surface area contributed by atoms with Crippen molar-refractivity contribution in [2.75, 3.05) is 26.1 Å². The van der Waals surface area contributed by atoms with E-state index in [9.17, 15) is 18.3 Å². The van der Waals surface area contributed by atoms with Crippen LogP contribution in [0.2, 0.25) is 0 Å². The van der Waals surface area contributed by atoms with Gasteiger partial charge in [0.1, 0.15) is 5.69 Å². The summed E-state index contributed by atoms with van der Waals surface area (Å²) in [6.45, 7) is 0. The predicted octanol–water partition coefficient (Wildman–Crippen LogP) is 2.70. The van der Waals surface area contributed by atoms with Crippen molar-refractivity contribution >= 4 is 21.7 Å². The van der Waals surface area contributed by atoms with E-state index in [0.29, 0.717) is 0 Å². The molecular formula is C19H21NO7S. The van der Waals surface area contributed by atoms with Crippen molar-refractivity contribution in [1.29, 1.82) is 0 Å². The van der Waals surface area contributed by atoms with Gasteiger partial charge in [0.15, 0.2) is 11.5 Å². The van der Waals surface area contributed by atoms with Crippen molar-refractivity contribution in [2.24, 2.45) is 0 Å². The molecule has 0 atom stereocenters. The Balaban J connectivity index is 2.13. The Bertz CT molecular complexity index is 1030. The van der Waals surface area contributed by atoms with Gasteiger partial charge in [-0.25, -0.2) is 13.2 Å². The smallest absolute Gasteiger partial charge is 0.338 e. The van der Waals surface area contributed by atoms with Gasteiger partial charge in [-0.2, -0.15) is 0 Å². The Morgan fingerprint density at radius 2 is 1.68 bits per heavy atom. The molecule has 2 aromatic rings. The Hall–Kier alpha value is -2.94. The molecule has 0 saturated carbocycles. The predicted molar refractivity (Wildman–Crippen MR) is 102 cm³/mol. The van der Waals surface area contributed by atoms with Crippen molar-refractivity contribution in [2.45, 2.75) is 24.2 Å². The fraction of sp³-hybridized carbons (Fsp3) is 0.316. The molecule has 0 bridgehead atoms. The summed E-state index contributed by atoms with van der Waals surface area (Å²) < 4.78 is 43.9. The van der Waals surface area contributed by atoms with Crippen LogP contribution in [0.25, 0.3) is 0 Å². The van der Waals surface area contributed by atoms with Crippen LogP contribution in [0.5, 0.6) is 17.2 Å². The van der Waals surface area contributed by atoms with Crippen molar-refractivity contribution in [1.82, 2.24) is 0 Å². The molecule has 0 heterocycles. The van der Waals surface area contributed by atoms with Gasteiger partial charge in [0, 0.05) is 6.07 Å². The average molecular weight is 407 g/mol. The van der Waals surface area contributed by atoms with Gasteiger partial charge in [0.2, 0.25) is 5.75 Å². The summed E-state index contributed by atoms with van der Waals surface area (Å²) in [6.07, 6.45) is 2.73. The highest BCUT2D eigenvalue weighted by Crippen LogP contribution is 2.46. The van der Waals surface area contributed by atoms with E-state index in [2.05, 4.69) is 4.72 Å². The second-order valence-electron chi connectivity index (χ2n) is 6.26. The summed E-state index contributed by atoms with van der Waals surface area (Å²) >= 11 is 0. The molecular weight excluding hydrogens is 386 g/mol. The summed E-state index contributed by atoms with van der Waals surface area (Å²) in [5.74, 6) is -1.23. The quantitative estimate of drug-likeness (QED) is 0.726. The molecule has 8 nitrogen and oxygen atoms in total. The second kappa shape index (κ2) is 7.59. The molecule has 9 heteroatoms. The minimum Gasteiger partial charge on any atom is -0.493 e. The molecule has 0 spiro atoms. The highest BCUT2D eigenvalue weighted by atomic mass is 32.2. The van der Waals surface area contributed by atoms with Crippen LogP contribution in [0, 0.1) is 0 Å². The zero-order chi connectivity index (χ0) is 20.5. The lowest BCUT2D eigenvalue weighted by Gasteiger charge is -2.19. The molecule has 0 aromatic heterocycles. The zero-order valence-corrected chi connectivity index (χ0v) is 16.6. The van der Waals surface area contributed by atoms with Gasteiger partial charge in [-0.3, -0.25) is 4.72 Å². The van der Waals surface area contributed by atoms with Gasteiger partial charge in [-0.15, -0.1) is 0 Å². The molecule has 2 aromatic carbocycles. The number of ether oxygens (including phenoxy) is 3. The molecule has 1 aliphatic rings. The van der Waals surface area contributed by atoms with Gasteiger partial charge < -0.3 is 19.3 Å². The third-order valence-corrected chi connectivity index (χ3v) is 6.02. The summed E-state index contributed by atoms with van der Waals surface area (Å²) in [5, 5.41) is 9.58. The molecule has 0 unspecified atom stereocenters. The van der Waals surface area contributed by atoms with Crippen molar-refractivity contribution in [3.8, 4) is 17.2 Å². The number of methoxy groups -OCH3 is 3. The van der Waals surface area contributed by atoms with E-state index in [-0.39, 0.29) is 33.4 Å². The number of aryl methyl sites for hydroxylation is 2. The molecule has 28 heavy (non-hydrogen) atoms. The first-order valence-electron chi connectivity index (χ1n) is 8.53. The van der Waals surface area contributed by atoms with E-state index in [1.165, 1.54) is 33.5 Å². The number of benzene rings is 2. The van der Waals surface area contributed by atoms with Crippen molar-refractivity contribution < 1.29 is 32.5 Å². The average Bonchev–Trinajstić information content (AvgIpc) is 3.14. The molecule has 0 fully saturated rings. The lowest BCUT2D eigenvalue weighted by atomic mass is 10.1. The first-order chi connectivity index (χ1) is 13.3. The fourth-order valence-corrected chi connectivity index (χ4v) is 4.47. The normalized spacial score (nSPS) is 13.0. The molecule has 1 aliphatic carbocycles. The topological polar surface area (TPSA) is 111 Å². The minimum atomic E-state index is -4.06. The number of carboxylic acid groups (broad SMARTS) is 1. The number of sulfonamides is 1. The highest BCUT2D eigenvalue weighted by Gasteiger charge is 2.28. The molecule has 2 N–H and O–H groups in total. The zero-order valence-electron chi connectivity index (χ0n) is 15.7. The van der Waals surface area contributed by atoms with E-state index < -0.39 is 16.0 Å². The molecule has 0 radical (unpaired) electrons. The summed E-state index contributed by atoms with van der Waals surface area (Å²) in [4.78, 5) is 11.8. The lowest BCUT2D eigenvalue weighted by molar-refractivity contribution is 0.0697. The van der Waals surface area contributed by atoms with E-state index in [0.717, 1.165) is 30.4 Å². The Kier molecular flexibility index (Phi) is 5.37. The number of rotatable bonds is 7. The molecule has 3 rings (SSSR count). The van der Waals surface area contributed by atoms with E-state index in [1.807, 2.05) is 0 Å². The van der Waals surface area contributed by atoms with Crippen LogP contribution in [0.15, 0.2) is 29.2 Å². The summed E-state index contributed by atoms with van der Waals surface area (Å²) in [7, 11) is -0.0786. The molecule has 0 amide bonds. The Morgan fingerprint density at radius 1 is 1.00 bits per heavy atom. The first-order valence-corrected chi connectivity index (χ1v) is 10.0. The number of carbonyl (C=O) groups is 1. The number of aromatic carboxylic acids is 1. The van der Waals surface area contributed by atoms with Crippen molar-refractivity contribution in [3.63, 3.8) is 0 Å². The van der Waals surface area contributed by atoms with Gasteiger partial charge >= 0.3 is 5.97 Å². The maximum absolute atomic E-state index is 13.0. The Morgan fingerprint density at radius 3 is 2.29 bits per heavy atom. The summed E-state index contributed by atoms with van der Waals surface area (Å²) in [6, 6.07) is 6.11. The lowest BCUT2D eigenvalue weighted by Crippen LogP contribution is -2.17. The van der Waals surface area contributed by atoms with Crippen LogP contribution >= 0.6 is 0 Å². The number of fused-ring (bicyclic) bond motifs is 1. The largest absolute Gasteiger partial charge is 0.493 e. The van der Waals surface area contributed by atoms with Crippen molar-refractivity contribution in [3.05, 3.63) is 41.0 Å². The number of hydrogen-bond donors (Lipinski definition) is 2. The first kappa shape index (κ1) is 19.8. The van der Waals surface area contributed by atoms with Gasteiger partial charge in [-0.1, -0.05) is 6.07 Å². The van der Waals surface area contributed by atoms with Gasteiger partial charge in [0.25, 0.3) is 10.0 Å². The third kappa shape index (κ3) is 3.45.